The van der Waals surface area contributed by atoms with Crippen molar-refractivity contribution in [2.45, 2.75) is 38.2 Å². The van der Waals surface area contributed by atoms with Gasteiger partial charge in [-0.3, -0.25) is 0 Å². The van der Waals surface area contributed by atoms with E-state index in [0.717, 1.165) is 23.7 Å². The predicted octanol–water partition coefficient (Wildman–Crippen LogP) is 3.60. The molecule has 0 radical (unpaired) electrons. The maximum absolute atomic E-state index is 9.80. The van der Waals surface area contributed by atoms with Crippen LogP contribution < -0.4 is 4.74 Å². The first-order chi connectivity index (χ1) is 8.83. The second kappa shape index (κ2) is 3.91. The summed E-state index contributed by atoms with van der Waals surface area (Å²) in [6, 6.07) is 7.37. The van der Waals surface area contributed by atoms with Gasteiger partial charge in [-0.15, -0.1) is 0 Å². The molecule has 18 heavy (non-hydrogen) atoms. The Morgan fingerprint density at radius 2 is 1.83 bits per heavy atom. The van der Waals surface area contributed by atoms with Crippen molar-refractivity contribution in [2.24, 2.45) is 23.7 Å². The van der Waals surface area contributed by atoms with Gasteiger partial charge in [-0.25, -0.2) is 0 Å². The first-order valence-electron chi connectivity index (χ1n) is 7.27. The number of fused-ring (bicyclic) bond motifs is 5. The third kappa shape index (κ3) is 1.47. The quantitative estimate of drug-likeness (QED) is 0.861. The summed E-state index contributed by atoms with van der Waals surface area (Å²) < 4.78 is 6.10. The molecule has 96 valence electrons. The number of ether oxygens (including phenoxy) is 1. The molecule has 0 aliphatic heterocycles. The van der Waals surface area contributed by atoms with Crippen molar-refractivity contribution in [1.82, 2.24) is 0 Å². The summed E-state index contributed by atoms with van der Waals surface area (Å²) in [7, 11) is 0. The molecule has 0 aromatic heterocycles. The van der Waals surface area contributed by atoms with Gasteiger partial charge in [0.1, 0.15) is 6.10 Å². The van der Waals surface area contributed by atoms with E-state index in [1.807, 2.05) is 18.2 Å². The average Bonchev–Trinajstić information content (AvgIpc) is 3.03. The Balaban J connectivity index is 1.53. The van der Waals surface area contributed by atoms with Gasteiger partial charge in [0.2, 0.25) is 0 Å². The third-order valence-corrected chi connectivity index (χ3v) is 5.51. The molecule has 0 spiro atoms. The molecule has 5 unspecified atom stereocenters. The van der Waals surface area contributed by atoms with Crippen LogP contribution >= 0.6 is 0 Å². The summed E-state index contributed by atoms with van der Waals surface area (Å²) >= 11 is 0. The van der Waals surface area contributed by atoms with Crippen molar-refractivity contribution in [3.63, 3.8) is 0 Å². The minimum atomic E-state index is 0.281. The maximum Gasteiger partial charge on any atom is 0.161 e. The number of rotatable bonds is 2. The molecule has 5 atom stereocenters. The van der Waals surface area contributed by atoms with Crippen molar-refractivity contribution < 1.29 is 9.84 Å². The molecule has 0 amide bonds. The van der Waals surface area contributed by atoms with Gasteiger partial charge < -0.3 is 9.84 Å². The SMILES string of the molecule is Oc1ccccc1OC1CC2CC1C1CCCC21. The van der Waals surface area contributed by atoms with E-state index in [2.05, 4.69) is 0 Å². The van der Waals surface area contributed by atoms with Gasteiger partial charge in [-0.2, -0.15) is 0 Å². The number of phenols is 1. The first kappa shape index (κ1) is 10.7. The summed E-state index contributed by atoms with van der Waals surface area (Å²) in [5.41, 5.74) is 0. The zero-order chi connectivity index (χ0) is 12.1. The van der Waals surface area contributed by atoms with Crippen molar-refractivity contribution in [2.75, 3.05) is 0 Å². The van der Waals surface area contributed by atoms with E-state index < -0.39 is 0 Å². The zero-order valence-corrected chi connectivity index (χ0v) is 10.6. The topological polar surface area (TPSA) is 29.5 Å². The number of hydrogen-bond acceptors (Lipinski definition) is 2. The molecule has 1 aromatic rings. The van der Waals surface area contributed by atoms with E-state index in [4.69, 9.17) is 4.74 Å². The van der Waals surface area contributed by atoms with Gasteiger partial charge in [-0.05, 0) is 61.5 Å². The Bertz CT molecular complexity index is 456. The van der Waals surface area contributed by atoms with Gasteiger partial charge >= 0.3 is 0 Å². The fraction of sp³-hybridized carbons (Fsp3) is 0.625. The minimum absolute atomic E-state index is 0.281. The average molecular weight is 244 g/mol. The van der Waals surface area contributed by atoms with Crippen LogP contribution in [0.25, 0.3) is 0 Å². The Morgan fingerprint density at radius 3 is 2.72 bits per heavy atom. The van der Waals surface area contributed by atoms with Crippen molar-refractivity contribution in [3.8, 4) is 11.5 Å². The molecule has 3 saturated carbocycles. The fourth-order valence-electron chi connectivity index (χ4n) is 4.86. The predicted molar refractivity (Wildman–Crippen MR) is 69.6 cm³/mol. The molecule has 3 aliphatic carbocycles. The third-order valence-electron chi connectivity index (χ3n) is 5.51. The molecule has 1 aromatic carbocycles. The van der Waals surface area contributed by atoms with Crippen LogP contribution in [0.5, 0.6) is 11.5 Å². The summed E-state index contributed by atoms with van der Waals surface area (Å²) in [6.45, 7) is 0. The van der Waals surface area contributed by atoms with Gasteiger partial charge in [-0.1, -0.05) is 18.6 Å². The van der Waals surface area contributed by atoms with Crippen molar-refractivity contribution in [3.05, 3.63) is 24.3 Å². The largest absolute Gasteiger partial charge is 0.504 e. The van der Waals surface area contributed by atoms with Crippen molar-refractivity contribution >= 4 is 0 Å². The van der Waals surface area contributed by atoms with Crippen LogP contribution in [0.3, 0.4) is 0 Å². The van der Waals surface area contributed by atoms with E-state index in [0.29, 0.717) is 11.9 Å². The van der Waals surface area contributed by atoms with Crippen LogP contribution in [0, 0.1) is 23.7 Å². The van der Waals surface area contributed by atoms with Crippen LogP contribution in [0.2, 0.25) is 0 Å². The molecular formula is C16H20O2. The molecule has 0 heterocycles. The Hall–Kier alpha value is -1.18. The second-order valence-corrected chi connectivity index (χ2v) is 6.28. The first-order valence-corrected chi connectivity index (χ1v) is 7.27. The van der Waals surface area contributed by atoms with Crippen LogP contribution in [0.4, 0.5) is 0 Å². The minimum Gasteiger partial charge on any atom is -0.504 e. The second-order valence-electron chi connectivity index (χ2n) is 6.28. The highest BCUT2D eigenvalue weighted by molar-refractivity contribution is 5.38. The molecule has 3 fully saturated rings. The summed E-state index contributed by atoms with van der Waals surface area (Å²) in [5, 5.41) is 9.80. The van der Waals surface area contributed by atoms with Crippen molar-refractivity contribution in [1.29, 1.82) is 0 Å². The highest BCUT2D eigenvalue weighted by Crippen LogP contribution is 2.59. The number of aromatic hydroxyl groups is 1. The number of phenolic OH excluding ortho intramolecular Hbond substituents is 1. The lowest BCUT2D eigenvalue weighted by atomic mass is 9.80. The number of hydrogen-bond donors (Lipinski definition) is 1. The molecule has 0 saturated heterocycles. The normalized spacial score (nSPS) is 41.0. The monoisotopic (exact) mass is 244 g/mol. The summed E-state index contributed by atoms with van der Waals surface area (Å²) in [6.07, 6.45) is 7.21. The summed E-state index contributed by atoms with van der Waals surface area (Å²) in [5.74, 6) is 4.52. The van der Waals surface area contributed by atoms with Crippen LogP contribution in [-0.4, -0.2) is 11.2 Å². The molecule has 4 rings (SSSR count). The van der Waals surface area contributed by atoms with Crippen LogP contribution in [-0.2, 0) is 0 Å². The number of benzene rings is 1. The van der Waals surface area contributed by atoms with E-state index in [9.17, 15) is 5.11 Å². The summed E-state index contributed by atoms with van der Waals surface area (Å²) in [4.78, 5) is 0. The van der Waals surface area contributed by atoms with E-state index in [1.165, 1.54) is 32.1 Å². The smallest absolute Gasteiger partial charge is 0.161 e. The molecule has 1 N–H and O–H groups in total. The Morgan fingerprint density at radius 1 is 1.00 bits per heavy atom. The van der Waals surface area contributed by atoms with E-state index >= 15 is 0 Å². The lowest BCUT2D eigenvalue weighted by Gasteiger charge is -2.31. The molecule has 2 nitrogen and oxygen atoms in total. The van der Waals surface area contributed by atoms with Gasteiger partial charge in [0.15, 0.2) is 11.5 Å². The van der Waals surface area contributed by atoms with Gasteiger partial charge in [0, 0.05) is 0 Å². The molecule has 3 aliphatic rings. The van der Waals surface area contributed by atoms with Gasteiger partial charge in [0.25, 0.3) is 0 Å². The van der Waals surface area contributed by atoms with E-state index in [-0.39, 0.29) is 5.75 Å². The number of para-hydroxylation sites is 2. The van der Waals surface area contributed by atoms with Crippen LogP contribution in [0.15, 0.2) is 24.3 Å². The standard InChI is InChI=1S/C16H20O2/c17-14-6-1-2-7-15(14)18-16-9-10-8-13(16)12-5-3-4-11(10)12/h1-2,6-7,10-13,16-17H,3-5,8-9H2. The Kier molecular flexibility index (Phi) is 2.33. The molecule has 2 heteroatoms. The van der Waals surface area contributed by atoms with Crippen LogP contribution in [0.1, 0.15) is 32.1 Å². The molecule has 2 bridgehead atoms. The lowest BCUT2D eigenvalue weighted by molar-refractivity contribution is 0.0817. The zero-order valence-electron chi connectivity index (χ0n) is 10.6. The Labute approximate surface area is 108 Å². The highest BCUT2D eigenvalue weighted by atomic mass is 16.5. The molecular weight excluding hydrogens is 224 g/mol. The maximum atomic E-state index is 9.80. The lowest BCUT2D eigenvalue weighted by Crippen LogP contribution is -2.32. The van der Waals surface area contributed by atoms with E-state index in [1.54, 1.807) is 6.07 Å². The highest BCUT2D eigenvalue weighted by Gasteiger charge is 2.54. The van der Waals surface area contributed by atoms with Gasteiger partial charge in [0.05, 0.1) is 0 Å². The fourth-order valence-corrected chi connectivity index (χ4v) is 4.86.